The number of carboxylic acid groups (broad SMARTS) is 1. The molecule has 0 fully saturated rings. The molecule has 0 bridgehead atoms. The molecule has 4 nitrogen and oxygen atoms in total. The van der Waals surface area contributed by atoms with Crippen molar-refractivity contribution in [2.45, 2.75) is 6.42 Å². The lowest BCUT2D eigenvalue weighted by Crippen LogP contribution is -2.01. The third-order valence-electron chi connectivity index (χ3n) is 1.79. The van der Waals surface area contributed by atoms with Gasteiger partial charge in [0.15, 0.2) is 0 Å². The van der Waals surface area contributed by atoms with Crippen molar-refractivity contribution in [3.8, 4) is 10.6 Å². The number of nitrogens with one attached hydrogen (secondary N) is 1. The highest BCUT2D eigenvalue weighted by Gasteiger charge is 2.07. The van der Waals surface area contributed by atoms with Crippen molar-refractivity contribution in [1.82, 2.24) is 9.97 Å². The number of rotatable bonds is 3. The second-order valence-corrected chi connectivity index (χ2v) is 5.38. The number of aliphatic carboxylic acids is 1. The zero-order chi connectivity index (χ0) is 10.8. The van der Waals surface area contributed by atoms with Crippen molar-refractivity contribution >= 4 is 33.2 Å². The van der Waals surface area contributed by atoms with Crippen LogP contribution in [0.15, 0.2) is 22.1 Å². The van der Waals surface area contributed by atoms with E-state index in [-0.39, 0.29) is 6.42 Å². The number of halogens is 1. The van der Waals surface area contributed by atoms with Crippen molar-refractivity contribution in [1.29, 1.82) is 0 Å². The summed E-state index contributed by atoms with van der Waals surface area (Å²) >= 11 is 4.94. The minimum atomic E-state index is -0.886. The molecular weight excluding hydrogens is 280 g/mol. The third-order valence-corrected chi connectivity index (χ3v) is 3.44. The van der Waals surface area contributed by atoms with Gasteiger partial charge in [-0.05, 0) is 28.1 Å². The molecule has 0 aliphatic heterocycles. The fourth-order valence-corrected chi connectivity index (χ4v) is 2.53. The zero-order valence-corrected chi connectivity index (χ0v) is 9.93. The number of nitrogens with zero attached hydrogens (tertiary/aromatic N) is 1. The Morgan fingerprint density at radius 2 is 2.40 bits per heavy atom. The molecule has 0 saturated heterocycles. The first kappa shape index (κ1) is 10.4. The van der Waals surface area contributed by atoms with Crippen molar-refractivity contribution in [2.75, 3.05) is 0 Å². The molecule has 0 amide bonds. The van der Waals surface area contributed by atoms with E-state index in [2.05, 4.69) is 25.9 Å². The van der Waals surface area contributed by atoms with E-state index in [4.69, 9.17) is 5.11 Å². The molecule has 2 aromatic heterocycles. The van der Waals surface area contributed by atoms with Gasteiger partial charge in [-0.3, -0.25) is 4.79 Å². The summed E-state index contributed by atoms with van der Waals surface area (Å²) in [6.45, 7) is 0. The number of imidazole rings is 1. The van der Waals surface area contributed by atoms with Crippen LogP contribution in [0.3, 0.4) is 0 Å². The molecule has 0 unspecified atom stereocenters. The van der Waals surface area contributed by atoms with E-state index in [1.807, 2.05) is 12.1 Å². The van der Waals surface area contributed by atoms with E-state index in [0.29, 0.717) is 5.82 Å². The number of hydrogen-bond acceptors (Lipinski definition) is 3. The van der Waals surface area contributed by atoms with Gasteiger partial charge >= 0.3 is 5.97 Å². The second-order valence-electron chi connectivity index (χ2n) is 2.92. The Morgan fingerprint density at radius 1 is 1.60 bits per heavy atom. The molecule has 6 heteroatoms. The SMILES string of the molecule is O=C(O)Cc1ncc(-c2ccc(Br)s2)[nH]1. The molecule has 2 N–H and O–H groups in total. The normalized spacial score (nSPS) is 10.5. The first-order chi connectivity index (χ1) is 7.15. The number of H-pyrrole nitrogens is 1. The van der Waals surface area contributed by atoms with Crippen molar-refractivity contribution < 1.29 is 9.90 Å². The Balaban J connectivity index is 2.23. The predicted octanol–water partition coefficient (Wildman–Crippen LogP) is 2.53. The first-order valence-electron chi connectivity index (χ1n) is 4.16. The Labute approximate surface area is 98.1 Å². The number of thiophene rings is 1. The fourth-order valence-electron chi connectivity index (χ4n) is 1.18. The van der Waals surface area contributed by atoms with Gasteiger partial charge in [-0.15, -0.1) is 11.3 Å². The van der Waals surface area contributed by atoms with Gasteiger partial charge in [0.05, 0.1) is 20.6 Å². The third kappa shape index (κ3) is 2.45. The average Bonchev–Trinajstić information content (AvgIpc) is 2.72. The highest BCUT2D eigenvalue weighted by Crippen LogP contribution is 2.29. The molecule has 0 atom stereocenters. The van der Waals surface area contributed by atoms with Gasteiger partial charge < -0.3 is 10.1 Å². The first-order valence-corrected chi connectivity index (χ1v) is 5.77. The zero-order valence-electron chi connectivity index (χ0n) is 7.53. The van der Waals surface area contributed by atoms with Crippen LogP contribution in [0.1, 0.15) is 5.82 Å². The molecule has 0 saturated carbocycles. The highest BCUT2D eigenvalue weighted by molar-refractivity contribution is 9.11. The number of hydrogen-bond donors (Lipinski definition) is 2. The van der Waals surface area contributed by atoms with Gasteiger partial charge in [0.1, 0.15) is 12.2 Å². The topological polar surface area (TPSA) is 66.0 Å². The van der Waals surface area contributed by atoms with Crippen LogP contribution in [-0.2, 0) is 11.2 Å². The van der Waals surface area contributed by atoms with Crippen LogP contribution in [0, 0.1) is 0 Å². The highest BCUT2D eigenvalue weighted by atomic mass is 79.9. The molecule has 0 aliphatic rings. The van der Waals surface area contributed by atoms with Crippen LogP contribution in [0.4, 0.5) is 0 Å². The molecular formula is C9H7BrN2O2S. The van der Waals surface area contributed by atoms with Crippen LogP contribution < -0.4 is 0 Å². The van der Waals surface area contributed by atoms with Crippen LogP contribution >= 0.6 is 27.3 Å². The lowest BCUT2D eigenvalue weighted by molar-refractivity contribution is -0.136. The van der Waals surface area contributed by atoms with Crippen LogP contribution in [0.25, 0.3) is 10.6 Å². The van der Waals surface area contributed by atoms with Crippen LogP contribution in [0.2, 0.25) is 0 Å². The summed E-state index contributed by atoms with van der Waals surface area (Å²) in [6.07, 6.45) is 1.57. The fraction of sp³-hybridized carbons (Fsp3) is 0.111. The predicted molar refractivity (Wildman–Crippen MR) is 60.9 cm³/mol. The molecule has 78 valence electrons. The maximum atomic E-state index is 10.5. The molecule has 0 radical (unpaired) electrons. The molecule has 2 heterocycles. The number of aromatic amines is 1. The number of carboxylic acids is 1. The maximum Gasteiger partial charge on any atom is 0.311 e. The summed E-state index contributed by atoms with van der Waals surface area (Å²) in [5, 5.41) is 8.59. The summed E-state index contributed by atoms with van der Waals surface area (Å²) in [5.41, 5.74) is 0.849. The van der Waals surface area contributed by atoms with Gasteiger partial charge in [0, 0.05) is 0 Å². The standard InChI is InChI=1S/C9H7BrN2O2S/c10-7-2-1-6(15-7)5-4-11-8(12-5)3-9(13)14/h1-2,4H,3H2,(H,11,12)(H,13,14). The molecule has 0 spiro atoms. The largest absolute Gasteiger partial charge is 0.481 e. The maximum absolute atomic E-state index is 10.5. The van der Waals surface area contributed by atoms with Gasteiger partial charge in [0.25, 0.3) is 0 Å². The van der Waals surface area contributed by atoms with Gasteiger partial charge in [0.2, 0.25) is 0 Å². The van der Waals surface area contributed by atoms with Crippen molar-refractivity contribution in [3.63, 3.8) is 0 Å². The Kier molecular flexibility index (Phi) is 2.88. The summed E-state index contributed by atoms with van der Waals surface area (Å²) in [5.74, 6) is -0.412. The van der Waals surface area contributed by atoms with E-state index in [0.717, 1.165) is 14.4 Å². The monoisotopic (exact) mass is 286 g/mol. The average molecular weight is 287 g/mol. The lowest BCUT2D eigenvalue weighted by Gasteiger charge is -1.90. The molecule has 2 rings (SSSR count). The summed E-state index contributed by atoms with van der Waals surface area (Å²) in [4.78, 5) is 18.5. The minimum Gasteiger partial charge on any atom is -0.481 e. The molecule has 0 aliphatic carbocycles. The Morgan fingerprint density at radius 3 is 3.00 bits per heavy atom. The van der Waals surface area contributed by atoms with Gasteiger partial charge in [-0.2, -0.15) is 0 Å². The Hall–Kier alpha value is -1.14. The van der Waals surface area contributed by atoms with E-state index in [9.17, 15) is 4.79 Å². The smallest absolute Gasteiger partial charge is 0.311 e. The van der Waals surface area contributed by atoms with Crippen LogP contribution in [0.5, 0.6) is 0 Å². The lowest BCUT2D eigenvalue weighted by atomic mass is 10.4. The van der Waals surface area contributed by atoms with Crippen LogP contribution in [-0.4, -0.2) is 21.0 Å². The molecule has 15 heavy (non-hydrogen) atoms. The van der Waals surface area contributed by atoms with Crippen molar-refractivity contribution in [3.05, 3.63) is 27.9 Å². The van der Waals surface area contributed by atoms with E-state index < -0.39 is 5.97 Å². The minimum absolute atomic E-state index is 0.0768. The number of carbonyl (C=O) groups is 1. The molecule has 2 aromatic rings. The van der Waals surface area contributed by atoms with Gasteiger partial charge in [-0.1, -0.05) is 0 Å². The quantitative estimate of drug-likeness (QED) is 0.911. The summed E-state index contributed by atoms with van der Waals surface area (Å²) in [6, 6.07) is 3.89. The molecule has 0 aromatic carbocycles. The van der Waals surface area contributed by atoms with E-state index >= 15 is 0 Å². The summed E-state index contributed by atoms with van der Waals surface area (Å²) in [7, 11) is 0. The van der Waals surface area contributed by atoms with Crippen molar-refractivity contribution in [2.24, 2.45) is 0 Å². The summed E-state index contributed by atoms with van der Waals surface area (Å²) < 4.78 is 1.03. The van der Waals surface area contributed by atoms with Gasteiger partial charge in [-0.25, -0.2) is 4.98 Å². The second kappa shape index (κ2) is 4.16. The van der Waals surface area contributed by atoms with E-state index in [1.165, 1.54) is 0 Å². The Bertz CT molecular complexity index is 492. The van der Waals surface area contributed by atoms with E-state index in [1.54, 1.807) is 17.5 Å². The number of aromatic nitrogens is 2.